The molecule has 2 N–H and O–H groups in total. The number of hydrogen-bond acceptors (Lipinski definition) is 4. The van der Waals surface area contributed by atoms with E-state index in [2.05, 4.69) is 39.4 Å². The van der Waals surface area contributed by atoms with Gasteiger partial charge in [-0.05, 0) is 33.1 Å². The van der Waals surface area contributed by atoms with Crippen LogP contribution < -0.4 is 10.6 Å². The van der Waals surface area contributed by atoms with Gasteiger partial charge in [-0.15, -0.1) is 35.3 Å². The minimum absolute atomic E-state index is 0. The van der Waals surface area contributed by atoms with Crippen molar-refractivity contribution in [3.63, 3.8) is 0 Å². The van der Waals surface area contributed by atoms with Gasteiger partial charge in [0.25, 0.3) is 0 Å². The molecular formula is C19H32IN5OS. The first kappa shape index (κ1) is 22.4. The quantitative estimate of drug-likeness (QED) is 0.355. The summed E-state index contributed by atoms with van der Waals surface area (Å²) in [7, 11) is 0. The highest BCUT2D eigenvalue weighted by Gasteiger charge is 2.32. The Bertz CT molecular complexity index is 629. The van der Waals surface area contributed by atoms with Crippen LogP contribution in [0.3, 0.4) is 0 Å². The van der Waals surface area contributed by atoms with Crippen molar-refractivity contribution in [1.82, 2.24) is 20.5 Å². The highest BCUT2D eigenvalue weighted by molar-refractivity contribution is 14.0. The number of rotatable bonds is 6. The fourth-order valence-electron chi connectivity index (χ4n) is 3.80. The zero-order valence-electron chi connectivity index (χ0n) is 16.4. The van der Waals surface area contributed by atoms with Crippen LogP contribution in [0, 0.1) is 12.8 Å². The van der Waals surface area contributed by atoms with Crippen molar-refractivity contribution >= 4 is 47.2 Å². The summed E-state index contributed by atoms with van der Waals surface area (Å²) in [6, 6.07) is 0.292. The largest absolute Gasteiger partial charge is 0.357 e. The number of amides is 1. The maximum Gasteiger partial charge on any atom is 0.225 e. The summed E-state index contributed by atoms with van der Waals surface area (Å²) in [5, 5.41) is 7.97. The van der Waals surface area contributed by atoms with Crippen LogP contribution in [0.2, 0.25) is 0 Å². The lowest BCUT2D eigenvalue weighted by Crippen LogP contribution is -2.45. The van der Waals surface area contributed by atoms with Crippen LogP contribution in [-0.4, -0.2) is 54.0 Å². The van der Waals surface area contributed by atoms with E-state index in [1.807, 2.05) is 6.20 Å². The number of nitrogens with zero attached hydrogens (tertiary/aromatic N) is 3. The molecule has 2 aliphatic rings. The first-order chi connectivity index (χ1) is 12.7. The van der Waals surface area contributed by atoms with Gasteiger partial charge in [0.1, 0.15) is 0 Å². The minimum atomic E-state index is 0. The second-order valence-electron chi connectivity index (χ2n) is 7.27. The summed E-state index contributed by atoms with van der Waals surface area (Å²) in [4.78, 5) is 25.0. The molecular weight excluding hydrogens is 473 g/mol. The van der Waals surface area contributed by atoms with Gasteiger partial charge in [-0.3, -0.25) is 9.79 Å². The summed E-state index contributed by atoms with van der Waals surface area (Å²) in [6.45, 7) is 7.37. The summed E-state index contributed by atoms with van der Waals surface area (Å²) in [6.07, 6.45) is 8.35. The number of hydrogen-bond donors (Lipinski definition) is 2. The molecule has 1 unspecified atom stereocenters. The van der Waals surface area contributed by atoms with Crippen LogP contribution >= 0.6 is 35.3 Å². The Morgan fingerprint density at radius 3 is 2.81 bits per heavy atom. The van der Waals surface area contributed by atoms with E-state index < -0.39 is 0 Å². The Morgan fingerprint density at radius 2 is 2.15 bits per heavy atom. The van der Waals surface area contributed by atoms with Gasteiger partial charge in [0.05, 0.1) is 5.01 Å². The van der Waals surface area contributed by atoms with Crippen LogP contribution in [0.15, 0.2) is 11.2 Å². The minimum Gasteiger partial charge on any atom is -0.357 e. The van der Waals surface area contributed by atoms with E-state index >= 15 is 0 Å². The lowest BCUT2D eigenvalue weighted by Gasteiger charge is -2.21. The molecule has 0 spiro atoms. The topological polar surface area (TPSA) is 69.6 Å². The molecule has 0 radical (unpaired) electrons. The maximum absolute atomic E-state index is 12.6. The predicted octanol–water partition coefficient (Wildman–Crippen LogP) is 2.96. The molecule has 1 saturated carbocycles. The Morgan fingerprint density at radius 1 is 1.37 bits per heavy atom. The lowest BCUT2D eigenvalue weighted by atomic mass is 10.1. The summed E-state index contributed by atoms with van der Waals surface area (Å²) >= 11 is 1.74. The van der Waals surface area contributed by atoms with E-state index in [0.717, 1.165) is 62.8 Å². The van der Waals surface area contributed by atoms with Crippen LogP contribution in [-0.2, 0) is 11.2 Å². The Hall–Kier alpha value is -0.900. The number of thiazole rings is 1. The van der Waals surface area contributed by atoms with Crippen LogP contribution in [0.5, 0.6) is 0 Å². The number of nitrogens with one attached hydrogen (secondary N) is 2. The Labute approximate surface area is 183 Å². The van der Waals surface area contributed by atoms with Crippen molar-refractivity contribution in [2.75, 3.05) is 26.2 Å². The van der Waals surface area contributed by atoms with Gasteiger partial charge in [-0.2, -0.15) is 0 Å². The third-order valence-corrected chi connectivity index (χ3v) is 6.13. The van der Waals surface area contributed by atoms with E-state index in [0.29, 0.717) is 11.9 Å². The molecule has 1 aliphatic heterocycles. The molecule has 1 saturated heterocycles. The smallest absolute Gasteiger partial charge is 0.225 e. The van der Waals surface area contributed by atoms with E-state index in [1.165, 1.54) is 17.7 Å². The highest BCUT2D eigenvalue weighted by atomic mass is 127. The van der Waals surface area contributed by atoms with Crippen molar-refractivity contribution in [3.05, 3.63) is 16.1 Å². The number of aromatic nitrogens is 1. The van der Waals surface area contributed by atoms with Gasteiger partial charge in [-0.1, -0.05) is 12.8 Å². The molecule has 27 heavy (non-hydrogen) atoms. The van der Waals surface area contributed by atoms with Gasteiger partial charge in [-0.25, -0.2) is 4.98 Å². The second-order valence-corrected chi connectivity index (χ2v) is 8.59. The Kier molecular flexibility index (Phi) is 9.28. The number of aliphatic imine (C=N–C) groups is 1. The number of halogens is 1. The molecule has 1 amide bonds. The van der Waals surface area contributed by atoms with Crippen LogP contribution in [0.4, 0.5) is 0 Å². The third-order valence-electron chi connectivity index (χ3n) is 5.15. The molecule has 1 aliphatic carbocycles. The predicted molar refractivity (Wildman–Crippen MR) is 122 cm³/mol. The Balaban J connectivity index is 0.00000261. The summed E-state index contributed by atoms with van der Waals surface area (Å²) in [5.41, 5.74) is 0. The van der Waals surface area contributed by atoms with Gasteiger partial charge in [0, 0.05) is 55.6 Å². The zero-order chi connectivity index (χ0) is 18.4. The monoisotopic (exact) mass is 505 g/mol. The molecule has 0 bridgehead atoms. The van der Waals surface area contributed by atoms with Gasteiger partial charge >= 0.3 is 0 Å². The van der Waals surface area contributed by atoms with Gasteiger partial charge < -0.3 is 15.5 Å². The average Bonchev–Trinajstić information content (AvgIpc) is 3.36. The number of likely N-dealkylation sites (tertiary alicyclic amines) is 1. The molecule has 1 aromatic heterocycles. The van der Waals surface area contributed by atoms with Crippen molar-refractivity contribution in [3.8, 4) is 0 Å². The van der Waals surface area contributed by atoms with E-state index in [-0.39, 0.29) is 29.9 Å². The fraction of sp³-hybridized carbons (Fsp3) is 0.737. The number of guanidine groups is 1. The van der Waals surface area contributed by atoms with Crippen LogP contribution in [0.1, 0.15) is 48.9 Å². The fourth-order valence-corrected chi connectivity index (χ4v) is 4.58. The molecule has 1 aromatic rings. The van der Waals surface area contributed by atoms with E-state index in [9.17, 15) is 4.79 Å². The number of aryl methyl sites for hydroxylation is 1. The van der Waals surface area contributed by atoms with Crippen molar-refractivity contribution in [2.45, 2.75) is 58.4 Å². The maximum atomic E-state index is 12.6. The molecule has 152 valence electrons. The number of carbonyl (C=O) groups excluding carboxylic acids is 1. The SMILES string of the molecule is CCNC(=NCCc1ncc(C)s1)NC1CCN(C(=O)C2CCCC2)C1.I. The molecule has 3 rings (SSSR count). The lowest BCUT2D eigenvalue weighted by molar-refractivity contribution is -0.134. The van der Waals surface area contributed by atoms with Crippen LogP contribution in [0.25, 0.3) is 0 Å². The standard InChI is InChI=1S/C19H31N5OS.HI/c1-3-20-19(21-10-8-17-22-12-14(2)26-17)23-16-9-11-24(13-16)18(25)15-6-4-5-7-15;/h12,15-16H,3-11,13H2,1-2H3,(H2,20,21,23);1H. The zero-order valence-corrected chi connectivity index (χ0v) is 19.5. The summed E-state index contributed by atoms with van der Waals surface area (Å²) < 4.78 is 0. The first-order valence-corrected chi connectivity index (χ1v) is 10.7. The third kappa shape index (κ3) is 6.58. The molecule has 8 heteroatoms. The molecule has 2 heterocycles. The average molecular weight is 505 g/mol. The summed E-state index contributed by atoms with van der Waals surface area (Å²) in [5.74, 6) is 1.49. The molecule has 0 aromatic carbocycles. The molecule has 1 atom stereocenters. The van der Waals surface area contributed by atoms with Crippen molar-refractivity contribution in [1.29, 1.82) is 0 Å². The number of carbonyl (C=O) groups is 1. The first-order valence-electron chi connectivity index (χ1n) is 9.90. The second kappa shape index (κ2) is 11.2. The molecule has 2 fully saturated rings. The van der Waals surface area contributed by atoms with Gasteiger partial charge in [0.15, 0.2) is 5.96 Å². The normalized spacial score (nSPS) is 20.6. The molecule has 6 nitrogen and oxygen atoms in total. The van der Waals surface area contributed by atoms with E-state index in [1.54, 1.807) is 11.3 Å². The highest BCUT2D eigenvalue weighted by Crippen LogP contribution is 2.27. The van der Waals surface area contributed by atoms with Gasteiger partial charge in [0.2, 0.25) is 5.91 Å². The van der Waals surface area contributed by atoms with Crippen molar-refractivity contribution in [2.24, 2.45) is 10.9 Å². The van der Waals surface area contributed by atoms with E-state index in [4.69, 9.17) is 0 Å². The van der Waals surface area contributed by atoms with Crippen molar-refractivity contribution < 1.29 is 4.79 Å².